The average molecular weight is 509 g/mol. The molecule has 0 saturated carbocycles. The number of aromatic nitrogens is 2. The van der Waals surface area contributed by atoms with Crippen LogP contribution in [-0.2, 0) is 13.8 Å². The van der Waals surface area contributed by atoms with Crippen LogP contribution in [0.15, 0.2) is 17.1 Å². The minimum atomic E-state index is -4.74. The predicted octanol–water partition coefficient (Wildman–Crippen LogP) is 1.24. The lowest BCUT2D eigenvalue weighted by atomic mass is 10.1. The smallest absolute Gasteiger partial charge is 0.387 e. The Morgan fingerprint density at radius 2 is 1.62 bits per heavy atom. The molecule has 2 rings (SSSR count). The highest BCUT2D eigenvalue weighted by Gasteiger charge is 2.44. The van der Waals surface area contributed by atoms with Crippen molar-refractivity contribution in [1.29, 1.82) is 0 Å². The van der Waals surface area contributed by atoms with Gasteiger partial charge in [0, 0.05) is 6.20 Å². The lowest BCUT2D eigenvalue weighted by molar-refractivity contribution is -0.0542. The summed E-state index contributed by atoms with van der Waals surface area (Å²) in [5.74, 6) is -0.0225. The number of rotatable bonds is 13. The topological polar surface area (TPSA) is 181 Å². The molecule has 13 heteroatoms. The molecule has 4 unspecified atom stereocenters. The summed E-state index contributed by atoms with van der Waals surface area (Å²) in [4.78, 5) is 34.9. The summed E-state index contributed by atoms with van der Waals surface area (Å²) in [6.07, 6.45) is 3.82. The molecule has 34 heavy (non-hydrogen) atoms. The van der Waals surface area contributed by atoms with Crippen molar-refractivity contribution in [2.75, 3.05) is 32.0 Å². The molecule has 1 aliphatic heterocycles. The highest BCUT2D eigenvalue weighted by molar-refractivity contribution is 7.46. The predicted molar refractivity (Wildman–Crippen MR) is 128 cm³/mol. The monoisotopic (exact) mass is 508 g/mol. The first-order valence-corrected chi connectivity index (χ1v) is 13.4. The van der Waals surface area contributed by atoms with Crippen molar-refractivity contribution >= 4 is 13.6 Å². The summed E-state index contributed by atoms with van der Waals surface area (Å²) in [5, 5.41) is 19.6. The molecular weight excluding hydrogens is 467 g/mol. The number of aliphatic hydroxyl groups excluding tert-OH is 2. The van der Waals surface area contributed by atoms with Crippen LogP contribution in [0.5, 0.6) is 0 Å². The van der Waals surface area contributed by atoms with Crippen molar-refractivity contribution in [3.8, 4) is 0 Å². The SMILES string of the molecule is CCCCN(CCCC)CCCC.Nc1ccn(C2OC(COP(=O)(O)O)C(O)C2O)c(=O)n1. The van der Waals surface area contributed by atoms with Crippen molar-refractivity contribution in [3.05, 3.63) is 22.7 Å². The number of unbranched alkanes of at least 4 members (excludes halogenated alkanes) is 3. The lowest BCUT2D eigenvalue weighted by Crippen LogP contribution is -2.36. The van der Waals surface area contributed by atoms with E-state index in [2.05, 4.69) is 35.2 Å². The standard InChI is InChI=1S/C12H27N.C9H14N3O8P/c1-4-7-10-13(11-8-5-2)12-9-6-3;10-5-1-2-12(9(15)11-5)8-7(14)6(13)4(20-8)3-19-21(16,17)18/h4-12H2,1-3H3;1-2,4,6-8,13-14H,3H2,(H2,10,11,15)(H2,16,17,18). The van der Waals surface area contributed by atoms with E-state index in [4.69, 9.17) is 20.3 Å². The Balaban J connectivity index is 0.000000385. The Kier molecular flexibility index (Phi) is 14.1. The van der Waals surface area contributed by atoms with Gasteiger partial charge in [0.25, 0.3) is 0 Å². The van der Waals surface area contributed by atoms with Gasteiger partial charge < -0.3 is 35.4 Å². The lowest BCUT2D eigenvalue weighted by Gasteiger charge is -2.21. The quantitative estimate of drug-likeness (QED) is 0.242. The van der Waals surface area contributed by atoms with Gasteiger partial charge in [0.05, 0.1) is 6.61 Å². The number of hydrogen-bond donors (Lipinski definition) is 5. The van der Waals surface area contributed by atoms with E-state index in [1.54, 1.807) is 0 Å². The van der Waals surface area contributed by atoms with Crippen molar-refractivity contribution in [2.45, 2.75) is 83.8 Å². The average Bonchev–Trinajstić information content (AvgIpc) is 3.05. The van der Waals surface area contributed by atoms with Crippen molar-refractivity contribution in [3.63, 3.8) is 0 Å². The van der Waals surface area contributed by atoms with Crippen molar-refractivity contribution in [2.24, 2.45) is 0 Å². The van der Waals surface area contributed by atoms with Gasteiger partial charge >= 0.3 is 13.5 Å². The molecule has 1 aromatic rings. The Hall–Kier alpha value is -1.37. The second kappa shape index (κ2) is 15.6. The first-order chi connectivity index (χ1) is 16.0. The van der Waals surface area contributed by atoms with Gasteiger partial charge in [-0.1, -0.05) is 40.0 Å². The first-order valence-electron chi connectivity index (χ1n) is 11.8. The van der Waals surface area contributed by atoms with Crippen LogP contribution in [-0.4, -0.2) is 79.0 Å². The minimum Gasteiger partial charge on any atom is -0.387 e. The number of nitrogen functional groups attached to an aromatic ring is 1. The Bertz CT molecular complexity index is 786. The van der Waals surface area contributed by atoms with Gasteiger partial charge in [-0.25, -0.2) is 9.36 Å². The number of hydrogen-bond acceptors (Lipinski definition) is 9. The Morgan fingerprint density at radius 3 is 2.06 bits per heavy atom. The van der Waals surface area contributed by atoms with Crippen molar-refractivity contribution in [1.82, 2.24) is 14.5 Å². The molecule has 0 aromatic carbocycles. The summed E-state index contributed by atoms with van der Waals surface area (Å²) in [6, 6.07) is 1.29. The molecule has 12 nitrogen and oxygen atoms in total. The summed E-state index contributed by atoms with van der Waals surface area (Å²) in [5.41, 5.74) is 4.52. The van der Waals surface area contributed by atoms with Crippen molar-refractivity contribution < 1.29 is 33.8 Å². The first kappa shape index (κ1) is 30.7. The third-order valence-electron chi connectivity index (χ3n) is 5.35. The second-order valence-corrected chi connectivity index (χ2v) is 9.52. The van der Waals surface area contributed by atoms with Gasteiger partial charge in [-0.2, -0.15) is 4.98 Å². The molecule has 198 valence electrons. The Labute approximate surface area is 200 Å². The van der Waals surface area contributed by atoms with Crippen LogP contribution in [0, 0.1) is 0 Å². The minimum absolute atomic E-state index is 0.0225. The van der Waals surface area contributed by atoms with Crippen LogP contribution in [0.4, 0.5) is 5.82 Å². The highest BCUT2D eigenvalue weighted by Crippen LogP contribution is 2.38. The molecule has 0 radical (unpaired) electrons. The van der Waals surface area contributed by atoms with Gasteiger partial charge in [0.2, 0.25) is 0 Å². The van der Waals surface area contributed by atoms with Crippen LogP contribution in [0.2, 0.25) is 0 Å². The summed E-state index contributed by atoms with van der Waals surface area (Å²) in [6.45, 7) is 10.1. The molecule has 0 aliphatic carbocycles. The van der Waals surface area contributed by atoms with E-state index in [1.807, 2.05) is 0 Å². The molecule has 1 aromatic heterocycles. The maximum absolute atomic E-state index is 11.6. The van der Waals surface area contributed by atoms with Gasteiger partial charge in [0.15, 0.2) is 6.23 Å². The zero-order chi connectivity index (χ0) is 25.7. The fraction of sp³-hybridized carbons (Fsp3) is 0.810. The van der Waals surface area contributed by atoms with E-state index in [9.17, 15) is 19.6 Å². The molecule has 1 aliphatic rings. The zero-order valence-corrected chi connectivity index (χ0v) is 21.2. The molecule has 0 amide bonds. The highest BCUT2D eigenvalue weighted by atomic mass is 31.2. The van der Waals surface area contributed by atoms with Gasteiger partial charge in [-0.05, 0) is 45.0 Å². The largest absolute Gasteiger partial charge is 0.469 e. The van der Waals surface area contributed by atoms with E-state index in [0.717, 1.165) is 4.57 Å². The summed E-state index contributed by atoms with van der Waals surface area (Å²) < 4.78 is 20.9. The number of nitrogens with two attached hydrogens (primary N) is 1. The summed E-state index contributed by atoms with van der Waals surface area (Å²) >= 11 is 0. The fourth-order valence-electron chi connectivity index (χ4n) is 3.37. The van der Waals surface area contributed by atoms with Crippen LogP contribution < -0.4 is 11.4 Å². The maximum atomic E-state index is 11.6. The number of ether oxygens (including phenoxy) is 1. The molecule has 1 saturated heterocycles. The molecule has 0 bridgehead atoms. The molecule has 6 N–H and O–H groups in total. The fourth-order valence-corrected chi connectivity index (χ4v) is 3.71. The van der Waals surface area contributed by atoms with Gasteiger partial charge in [-0.15, -0.1) is 0 Å². The molecular formula is C21H41N4O8P. The number of anilines is 1. The van der Waals surface area contributed by atoms with Crippen LogP contribution in [0.1, 0.15) is 65.5 Å². The third kappa shape index (κ3) is 10.9. The van der Waals surface area contributed by atoms with E-state index in [0.29, 0.717) is 0 Å². The third-order valence-corrected chi connectivity index (χ3v) is 5.84. The number of phosphoric ester groups is 1. The van der Waals surface area contributed by atoms with Crippen LogP contribution in [0.3, 0.4) is 0 Å². The molecule has 1 fully saturated rings. The number of phosphoric acid groups is 1. The van der Waals surface area contributed by atoms with Gasteiger partial charge in [-0.3, -0.25) is 9.09 Å². The molecule has 2 heterocycles. The van der Waals surface area contributed by atoms with E-state index in [1.165, 1.54) is 70.4 Å². The van der Waals surface area contributed by atoms with Gasteiger partial charge in [0.1, 0.15) is 24.1 Å². The zero-order valence-electron chi connectivity index (χ0n) is 20.3. The maximum Gasteiger partial charge on any atom is 0.469 e. The van der Waals surface area contributed by atoms with E-state index in [-0.39, 0.29) is 5.82 Å². The van der Waals surface area contributed by atoms with Crippen LogP contribution in [0.25, 0.3) is 0 Å². The Morgan fingerprint density at radius 1 is 1.09 bits per heavy atom. The normalized spacial score (nSPS) is 22.6. The van der Waals surface area contributed by atoms with E-state index >= 15 is 0 Å². The summed E-state index contributed by atoms with van der Waals surface area (Å²) in [7, 11) is -4.74. The second-order valence-electron chi connectivity index (χ2n) is 8.28. The number of aliphatic hydroxyl groups is 2. The molecule has 0 spiro atoms. The van der Waals surface area contributed by atoms with Crippen LogP contribution >= 0.6 is 7.82 Å². The molecule has 4 atom stereocenters. The van der Waals surface area contributed by atoms with E-state index < -0.39 is 44.7 Å². The number of nitrogens with zero attached hydrogens (tertiary/aromatic N) is 3.